The summed E-state index contributed by atoms with van der Waals surface area (Å²) in [5.74, 6) is -0.437. The van der Waals surface area contributed by atoms with Crippen LogP contribution in [0.4, 0.5) is 0 Å². The van der Waals surface area contributed by atoms with E-state index in [0.29, 0.717) is 0 Å². The summed E-state index contributed by atoms with van der Waals surface area (Å²) in [5, 5.41) is 23.4. The Kier molecular flexibility index (Phi) is 5.05. The molecule has 17 heavy (non-hydrogen) atoms. The van der Waals surface area contributed by atoms with Gasteiger partial charge in [0.15, 0.2) is 0 Å². The second-order valence-electron chi connectivity index (χ2n) is 3.99. The summed E-state index contributed by atoms with van der Waals surface area (Å²) in [4.78, 5) is 28.7. The highest BCUT2D eigenvalue weighted by atomic mass is 31.2. The van der Waals surface area contributed by atoms with E-state index < -0.39 is 37.9 Å². The minimum atomic E-state index is -4.11. The molecule has 8 nitrogen and oxygen atoms in total. The van der Waals surface area contributed by atoms with Crippen molar-refractivity contribution in [2.24, 2.45) is 0 Å². The van der Waals surface area contributed by atoms with Crippen LogP contribution in [-0.2, 0) is 9.36 Å². The largest absolute Gasteiger partial charge is 0.395 e. The van der Waals surface area contributed by atoms with Gasteiger partial charge in [0.2, 0.25) is 5.91 Å². The number of hydrogen-bond donors (Lipinski definition) is 6. The van der Waals surface area contributed by atoms with Gasteiger partial charge < -0.3 is 25.3 Å². The van der Waals surface area contributed by atoms with Crippen LogP contribution in [0, 0.1) is 0 Å². The summed E-state index contributed by atoms with van der Waals surface area (Å²) in [7, 11) is -4.11. The fourth-order valence-electron chi connectivity index (χ4n) is 1.65. The third-order valence-electron chi connectivity index (χ3n) is 2.57. The van der Waals surface area contributed by atoms with Crippen LogP contribution >= 0.6 is 7.60 Å². The average Bonchev–Trinajstić information content (AvgIpc) is 2.57. The lowest BCUT2D eigenvalue weighted by Crippen LogP contribution is -2.44. The molecular formula is C8H17N2O6P. The maximum Gasteiger partial charge on any atom is 0.327 e. The molecule has 0 bridgehead atoms. The summed E-state index contributed by atoms with van der Waals surface area (Å²) < 4.78 is 10.5. The molecule has 1 fully saturated rings. The highest BCUT2D eigenvalue weighted by molar-refractivity contribution is 7.51. The van der Waals surface area contributed by atoms with E-state index in [-0.39, 0.29) is 19.6 Å². The summed E-state index contributed by atoms with van der Waals surface area (Å²) in [6, 6.07) is -1.17. The number of amides is 1. The Labute approximate surface area is 98.2 Å². The summed E-state index contributed by atoms with van der Waals surface area (Å²) in [6.45, 7) is -0.394. The van der Waals surface area contributed by atoms with Gasteiger partial charge in [0, 0.05) is 6.54 Å². The van der Waals surface area contributed by atoms with Gasteiger partial charge in [0.1, 0.15) is 0 Å². The molecule has 100 valence electrons. The fraction of sp³-hybridized carbons (Fsp3) is 0.875. The molecule has 0 saturated carbocycles. The Hall–Kier alpha value is -0.500. The lowest BCUT2D eigenvalue weighted by molar-refractivity contribution is -0.122. The van der Waals surface area contributed by atoms with Crippen LogP contribution in [0.25, 0.3) is 0 Å². The van der Waals surface area contributed by atoms with Crippen molar-refractivity contribution in [2.45, 2.75) is 24.6 Å². The monoisotopic (exact) mass is 268 g/mol. The van der Waals surface area contributed by atoms with Crippen LogP contribution in [0.2, 0.25) is 0 Å². The van der Waals surface area contributed by atoms with Gasteiger partial charge in [-0.05, 0) is 6.42 Å². The molecule has 0 aromatic carbocycles. The Morgan fingerprint density at radius 1 is 1.47 bits per heavy atom. The van der Waals surface area contributed by atoms with Crippen LogP contribution in [0.15, 0.2) is 0 Å². The molecule has 1 rings (SSSR count). The molecule has 1 aliphatic heterocycles. The third kappa shape index (κ3) is 4.71. The molecule has 0 spiro atoms. The second kappa shape index (κ2) is 5.90. The van der Waals surface area contributed by atoms with Crippen molar-refractivity contribution in [1.82, 2.24) is 10.6 Å². The number of hydrogen-bond acceptors (Lipinski definition) is 5. The number of aliphatic hydroxyl groups excluding tert-OH is 2. The lowest BCUT2D eigenvalue weighted by Gasteiger charge is -2.13. The lowest BCUT2D eigenvalue weighted by atomic mass is 10.1. The Balaban J connectivity index is 2.32. The molecule has 1 heterocycles. The molecule has 1 saturated heterocycles. The molecule has 3 atom stereocenters. The minimum Gasteiger partial charge on any atom is -0.395 e. The fourth-order valence-corrected chi connectivity index (χ4v) is 2.05. The molecule has 9 heteroatoms. The Morgan fingerprint density at radius 3 is 2.59 bits per heavy atom. The maximum absolute atomic E-state index is 11.5. The van der Waals surface area contributed by atoms with Crippen molar-refractivity contribution < 1.29 is 29.4 Å². The zero-order chi connectivity index (χ0) is 13.1. The molecular weight excluding hydrogens is 251 g/mol. The zero-order valence-corrected chi connectivity index (χ0v) is 10.0. The molecule has 1 aliphatic rings. The van der Waals surface area contributed by atoms with Crippen molar-refractivity contribution in [3.8, 4) is 0 Å². The highest BCUT2D eigenvalue weighted by Crippen LogP contribution is 2.32. The van der Waals surface area contributed by atoms with Crippen molar-refractivity contribution in [2.75, 3.05) is 19.3 Å². The molecule has 6 N–H and O–H groups in total. The van der Waals surface area contributed by atoms with Crippen molar-refractivity contribution in [3.63, 3.8) is 0 Å². The van der Waals surface area contributed by atoms with Gasteiger partial charge in [-0.15, -0.1) is 0 Å². The minimum absolute atomic E-state index is 0.124. The Morgan fingerprint density at radius 2 is 2.12 bits per heavy atom. The van der Waals surface area contributed by atoms with Crippen molar-refractivity contribution >= 4 is 13.5 Å². The number of carbonyl (C=O) groups excluding carboxylic acids is 1. The molecule has 1 amide bonds. The van der Waals surface area contributed by atoms with E-state index in [1.165, 1.54) is 0 Å². The first-order chi connectivity index (χ1) is 7.83. The summed E-state index contributed by atoms with van der Waals surface area (Å²) in [6.07, 6.45) is -1.04. The summed E-state index contributed by atoms with van der Waals surface area (Å²) in [5.41, 5.74) is 0. The van der Waals surface area contributed by atoms with E-state index in [9.17, 15) is 14.5 Å². The molecule has 0 aliphatic carbocycles. The van der Waals surface area contributed by atoms with Gasteiger partial charge in [0.05, 0.1) is 31.0 Å². The maximum atomic E-state index is 11.5. The first kappa shape index (κ1) is 14.6. The van der Waals surface area contributed by atoms with Gasteiger partial charge in [0.25, 0.3) is 0 Å². The quantitative estimate of drug-likeness (QED) is 0.300. The SMILES string of the molecule is O=C(NCCP(=O)(O)O)[C@@H]1C[C@H](O)[C@@H](CO)N1. The van der Waals surface area contributed by atoms with Gasteiger partial charge in [-0.25, -0.2) is 0 Å². The van der Waals surface area contributed by atoms with Crippen LogP contribution in [0.5, 0.6) is 0 Å². The van der Waals surface area contributed by atoms with E-state index >= 15 is 0 Å². The molecule has 0 aromatic heterocycles. The highest BCUT2D eigenvalue weighted by Gasteiger charge is 2.35. The molecule has 0 aromatic rings. The van der Waals surface area contributed by atoms with Crippen LogP contribution in [-0.4, -0.2) is 63.4 Å². The smallest absolute Gasteiger partial charge is 0.327 e. The predicted octanol–water partition coefficient (Wildman–Crippen LogP) is -2.64. The van der Waals surface area contributed by atoms with Gasteiger partial charge in [-0.2, -0.15) is 0 Å². The van der Waals surface area contributed by atoms with E-state index in [1.54, 1.807) is 0 Å². The van der Waals surface area contributed by atoms with E-state index in [0.717, 1.165) is 0 Å². The van der Waals surface area contributed by atoms with Crippen LogP contribution in [0.3, 0.4) is 0 Å². The van der Waals surface area contributed by atoms with E-state index in [4.69, 9.17) is 14.9 Å². The Bertz CT molecular complexity index is 319. The van der Waals surface area contributed by atoms with Crippen molar-refractivity contribution in [1.29, 1.82) is 0 Å². The van der Waals surface area contributed by atoms with Gasteiger partial charge in [-0.3, -0.25) is 14.7 Å². The second-order valence-corrected chi connectivity index (χ2v) is 5.77. The number of carbonyl (C=O) groups is 1. The number of rotatable bonds is 5. The van der Waals surface area contributed by atoms with E-state index in [1.807, 2.05) is 0 Å². The average molecular weight is 268 g/mol. The van der Waals surface area contributed by atoms with Crippen LogP contribution in [0.1, 0.15) is 6.42 Å². The molecule has 0 radical (unpaired) electrons. The van der Waals surface area contributed by atoms with Crippen molar-refractivity contribution in [3.05, 3.63) is 0 Å². The van der Waals surface area contributed by atoms with Crippen LogP contribution < -0.4 is 10.6 Å². The van der Waals surface area contributed by atoms with Gasteiger partial charge >= 0.3 is 7.60 Å². The standard InChI is InChI=1S/C8H17N2O6P/c11-4-6-7(12)3-5(10-6)8(13)9-1-2-17(14,15)16/h5-7,10-12H,1-4H2,(H,9,13)(H2,14,15,16)/t5-,6+,7-/m0/s1. The number of aliphatic hydroxyl groups is 2. The third-order valence-corrected chi connectivity index (χ3v) is 3.38. The number of nitrogens with one attached hydrogen (secondary N) is 2. The topological polar surface area (TPSA) is 139 Å². The summed E-state index contributed by atoms with van der Waals surface area (Å²) >= 11 is 0. The van der Waals surface area contributed by atoms with Gasteiger partial charge in [-0.1, -0.05) is 0 Å². The first-order valence-corrected chi connectivity index (χ1v) is 7.00. The predicted molar refractivity (Wildman–Crippen MR) is 58.3 cm³/mol. The molecule has 0 unspecified atom stereocenters. The van der Waals surface area contributed by atoms with E-state index in [2.05, 4.69) is 10.6 Å². The first-order valence-electron chi connectivity index (χ1n) is 5.21. The normalized spacial score (nSPS) is 29.3. The zero-order valence-electron chi connectivity index (χ0n) is 9.11.